The van der Waals surface area contributed by atoms with Crippen molar-refractivity contribution in [3.05, 3.63) is 65.5 Å². The van der Waals surface area contributed by atoms with Gasteiger partial charge >= 0.3 is 0 Å². The van der Waals surface area contributed by atoms with Crippen LogP contribution >= 0.6 is 24.0 Å². The van der Waals surface area contributed by atoms with E-state index >= 15 is 0 Å². The van der Waals surface area contributed by atoms with Gasteiger partial charge in [-0.25, -0.2) is 4.39 Å². The Kier molecular flexibility index (Phi) is 9.17. The smallest absolute Gasteiger partial charge is 0.239 e. The number of hydrogen-bond donors (Lipinski definition) is 3. The van der Waals surface area contributed by atoms with E-state index < -0.39 is 0 Å². The fourth-order valence-electron chi connectivity index (χ4n) is 3.11. The first kappa shape index (κ1) is 22.9. The number of guanidine groups is 1. The molecule has 0 aromatic heterocycles. The first-order valence-corrected chi connectivity index (χ1v) is 9.43. The van der Waals surface area contributed by atoms with Crippen molar-refractivity contribution in [3.8, 4) is 0 Å². The predicted molar refractivity (Wildman–Crippen MR) is 125 cm³/mol. The molecular weight excluding hydrogens is 484 g/mol. The molecule has 0 unspecified atom stereocenters. The van der Waals surface area contributed by atoms with Gasteiger partial charge in [0.15, 0.2) is 5.96 Å². The highest BCUT2D eigenvalue weighted by Crippen LogP contribution is 2.16. The number of carbonyl (C=O) groups is 1. The molecule has 6 nitrogen and oxygen atoms in total. The van der Waals surface area contributed by atoms with Gasteiger partial charge in [-0.05, 0) is 41.8 Å². The van der Waals surface area contributed by atoms with Crippen LogP contribution in [0.1, 0.15) is 11.1 Å². The Bertz CT molecular complexity index is 828. The molecule has 0 aliphatic carbocycles. The second-order valence-electron chi connectivity index (χ2n) is 6.67. The lowest BCUT2D eigenvalue weighted by Gasteiger charge is -2.28. The van der Waals surface area contributed by atoms with Crippen molar-refractivity contribution in [2.24, 2.45) is 4.99 Å². The summed E-state index contributed by atoms with van der Waals surface area (Å²) in [5.41, 5.74) is 3.12. The van der Waals surface area contributed by atoms with Crippen molar-refractivity contribution < 1.29 is 9.18 Å². The number of anilines is 1. The molecule has 2 aromatic carbocycles. The minimum absolute atomic E-state index is 0. The fourth-order valence-corrected chi connectivity index (χ4v) is 3.11. The third-order valence-corrected chi connectivity index (χ3v) is 4.62. The van der Waals surface area contributed by atoms with Gasteiger partial charge in [-0.1, -0.05) is 24.3 Å². The van der Waals surface area contributed by atoms with Crippen LogP contribution in [0, 0.1) is 5.82 Å². The van der Waals surface area contributed by atoms with Gasteiger partial charge in [0, 0.05) is 38.9 Å². The first-order chi connectivity index (χ1) is 13.6. The monoisotopic (exact) mass is 511 g/mol. The van der Waals surface area contributed by atoms with Crippen LogP contribution in [0.3, 0.4) is 0 Å². The summed E-state index contributed by atoms with van der Waals surface area (Å²) in [5.74, 6) is 0.548. The molecule has 1 aliphatic rings. The molecule has 8 heteroatoms. The minimum Gasteiger partial charge on any atom is -0.360 e. The third kappa shape index (κ3) is 7.19. The van der Waals surface area contributed by atoms with E-state index in [2.05, 4.69) is 38.0 Å². The summed E-state index contributed by atoms with van der Waals surface area (Å²) in [4.78, 5) is 17.8. The number of hydrogen-bond acceptors (Lipinski definition) is 3. The van der Waals surface area contributed by atoms with E-state index in [9.17, 15) is 9.18 Å². The van der Waals surface area contributed by atoms with Gasteiger partial charge in [0.05, 0.1) is 6.54 Å². The maximum atomic E-state index is 13.2. The van der Waals surface area contributed by atoms with Gasteiger partial charge in [0.25, 0.3) is 0 Å². The number of piperazine rings is 1. The minimum atomic E-state index is -0.214. The summed E-state index contributed by atoms with van der Waals surface area (Å²) in [6.07, 6.45) is 0.719. The van der Waals surface area contributed by atoms with Gasteiger partial charge < -0.3 is 20.9 Å². The second kappa shape index (κ2) is 11.6. The normalized spacial score (nSPS) is 14.1. The van der Waals surface area contributed by atoms with Gasteiger partial charge in [-0.15, -0.1) is 24.0 Å². The molecule has 1 saturated heterocycles. The van der Waals surface area contributed by atoms with Gasteiger partial charge in [0.1, 0.15) is 5.82 Å². The van der Waals surface area contributed by atoms with Crippen molar-refractivity contribution in [1.82, 2.24) is 16.0 Å². The molecule has 2 aromatic rings. The summed E-state index contributed by atoms with van der Waals surface area (Å²) < 4.78 is 13.2. The van der Waals surface area contributed by atoms with E-state index in [1.54, 1.807) is 19.2 Å². The standard InChI is InChI=1S/C21H26FN5O.HI/c1-23-21(25-10-9-16-3-2-4-18(22)13-16)26-14-17-5-7-19(8-6-17)27-12-11-24-20(28)15-27;/h2-8,13H,9-12,14-15H2,1H3,(H,24,28)(H2,23,25,26);1H. The molecule has 0 saturated carbocycles. The van der Waals surface area contributed by atoms with E-state index in [0.717, 1.165) is 29.8 Å². The average Bonchev–Trinajstić information content (AvgIpc) is 2.71. The number of nitrogens with zero attached hydrogens (tertiary/aromatic N) is 2. The number of aliphatic imine (C=N–C) groups is 1. The van der Waals surface area contributed by atoms with Crippen molar-refractivity contribution in [2.75, 3.05) is 38.1 Å². The average molecular weight is 511 g/mol. The van der Waals surface area contributed by atoms with E-state index in [1.165, 1.54) is 6.07 Å². The zero-order chi connectivity index (χ0) is 19.8. The van der Waals surface area contributed by atoms with E-state index in [1.807, 2.05) is 18.2 Å². The van der Waals surface area contributed by atoms with Crippen LogP contribution in [-0.4, -0.2) is 45.1 Å². The van der Waals surface area contributed by atoms with Crippen LogP contribution in [0.5, 0.6) is 0 Å². The Labute approximate surface area is 188 Å². The number of halogens is 2. The molecule has 1 amide bonds. The maximum Gasteiger partial charge on any atom is 0.239 e. The SMILES string of the molecule is CN=C(NCCc1cccc(F)c1)NCc1ccc(N2CCNC(=O)C2)cc1.I. The molecule has 3 rings (SSSR count). The Morgan fingerprint density at radius 2 is 1.97 bits per heavy atom. The molecular formula is C21H27FIN5O. The summed E-state index contributed by atoms with van der Waals surface area (Å²) in [5, 5.41) is 9.35. The quantitative estimate of drug-likeness (QED) is 0.317. The highest BCUT2D eigenvalue weighted by atomic mass is 127. The fraction of sp³-hybridized carbons (Fsp3) is 0.333. The molecule has 156 valence electrons. The summed E-state index contributed by atoms with van der Waals surface area (Å²) in [6, 6.07) is 14.8. The van der Waals surface area contributed by atoms with Crippen molar-refractivity contribution >= 4 is 41.5 Å². The number of carbonyl (C=O) groups excluding carboxylic acids is 1. The van der Waals surface area contributed by atoms with Gasteiger partial charge in [-0.2, -0.15) is 0 Å². The van der Waals surface area contributed by atoms with Crippen LogP contribution in [0.2, 0.25) is 0 Å². The lowest BCUT2D eigenvalue weighted by molar-refractivity contribution is -0.120. The zero-order valence-corrected chi connectivity index (χ0v) is 18.8. The van der Waals surface area contributed by atoms with E-state index in [4.69, 9.17) is 0 Å². The summed E-state index contributed by atoms with van der Waals surface area (Å²) in [7, 11) is 1.72. The van der Waals surface area contributed by atoms with E-state index in [0.29, 0.717) is 32.1 Å². The van der Waals surface area contributed by atoms with Crippen LogP contribution < -0.4 is 20.9 Å². The molecule has 1 aliphatic heterocycles. The Balaban J connectivity index is 0.00000300. The first-order valence-electron chi connectivity index (χ1n) is 9.43. The largest absolute Gasteiger partial charge is 0.360 e. The van der Waals surface area contributed by atoms with Crippen LogP contribution in [0.25, 0.3) is 0 Å². The number of rotatable bonds is 6. The molecule has 1 heterocycles. The highest BCUT2D eigenvalue weighted by Gasteiger charge is 2.16. The van der Waals surface area contributed by atoms with Crippen molar-refractivity contribution in [3.63, 3.8) is 0 Å². The van der Waals surface area contributed by atoms with Gasteiger partial charge in [-0.3, -0.25) is 9.79 Å². The molecule has 0 atom stereocenters. The maximum absolute atomic E-state index is 13.2. The lowest BCUT2D eigenvalue weighted by Crippen LogP contribution is -2.47. The Morgan fingerprint density at radius 3 is 2.66 bits per heavy atom. The third-order valence-electron chi connectivity index (χ3n) is 4.62. The van der Waals surface area contributed by atoms with Crippen LogP contribution in [0.15, 0.2) is 53.5 Å². The molecule has 0 radical (unpaired) electrons. The van der Waals surface area contributed by atoms with Gasteiger partial charge in [0.2, 0.25) is 5.91 Å². The molecule has 1 fully saturated rings. The molecule has 3 N–H and O–H groups in total. The lowest BCUT2D eigenvalue weighted by atomic mass is 10.1. The Hall–Kier alpha value is -2.36. The summed E-state index contributed by atoms with van der Waals surface area (Å²) in [6.45, 7) is 3.21. The number of amides is 1. The number of benzene rings is 2. The van der Waals surface area contributed by atoms with E-state index in [-0.39, 0.29) is 35.7 Å². The second-order valence-corrected chi connectivity index (χ2v) is 6.67. The van der Waals surface area contributed by atoms with Crippen LogP contribution in [0.4, 0.5) is 10.1 Å². The van der Waals surface area contributed by atoms with Crippen LogP contribution in [-0.2, 0) is 17.8 Å². The predicted octanol–water partition coefficient (Wildman–Crippen LogP) is 2.29. The van der Waals surface area contributed by atoms with Crippen molar-refractivity contribution in [2.45, 2.75) is 13.0 Å². The molecule has 29 heavy (non-hydrogen) atoms. The zero-order valence-electron chi connectivity index (χ0n) is 16.5. The Morgan fingerprint density at radius 1 is 1.17 bits per heavy atom. The topological polar surface area (TPSA) is 68.8 Å². The van der Waals surface area contributed by atoms with Crippen molar-refractivity contribution in [1.29, 1.82) is 0 Å². The summed E-state index contributed by atoms with van der Waals surface area (Å²) >= 11 is 0. The molecule has 0 spiro atoms. The molecule has 0 bridgehead atoms. The highest BCUT2D eigenvalue weighted by molar-refractivity contribution is 14.0. The number of nitrogens with one attached hydrogen (secondary N) is 3.